The van der Waals surface area contributed by atoms with Crippen molar-refractivity contribution < 1.29 is 0 Å². The lowest BCUT2D eigenvalue weighted by Crippen LogP contribution is -2.16. The summed E-state index contributed by atoms with van der Waals surface area (Å²) >= 11 is 11.2. The van der Waals surface area contributed by atoms with Crippen LogP contribution in [0.15, 0.2) is 34.1 Å². The average molecular weight is 346 g/mol. The van der Waals surface area contributed by atoms with Crippen LogP contribution in [0.1, 0.15) is 10.4 Å². The summed E-state index contributed by atoms with van der Waals surface area (Å²) in [4.78, 5) is 3.59. The Labute approximate surface area is 124 Å². The van der Waals surface area contributed by atoms with Crippen LogP contribution < -0.4 is 5.73 Å². The van der Waals surface area contributed by atoms with Crippen LogP contribution in [0.5, 0.6) is 0 Å². The Morgan fingerprint density at radius 2 is 2.11 bits per heavy atom. The number of halogens is 2. The molecule has 1 aromatic carbocycles. The third-order valence-corrected chi connectivity index (χ3v) is 4.57. The second-order valence-electron chi connectivity index (χ2n) is 4.26. The first kappa shape index (κ1) is 13.9. The quantitative estimate of drug-likeness (QED) is 0.833. The molecule has 0 spiro atoms. The lowest BCUT2D eigenvalue weighted by Gasteiger charge is -2.16. The van der Waals surface area contributed by atoms with E-state index in [0.29, 0.717) is 10.7 Å². The summed E-state index contributed by atoms with van der Waals surface area (Å²) in [6.07, 6.45) is 0. The number of nitrogens with zero attached hydrogens (tertiary/aromatic N) is 1. The molecule has 2 nitrogen and oxygen atoms in total. The molecular weight excluding hydrogens is 332 g/mol. The van der Waals surface area contributed by atoms with Gasteiger partial charge in [-0.25, -0.2) is 0 Å². The molecule has 0 saturated carbocycles. The molecule has 2 rings (SSSR count). The molecule has 0 atom stereocenters. The molecule has 2 N–H and O–H groups in total. The molecule has 0 bridgehead atoms. The van der Waals surface area contributed by atoms with Gasteiger partial charge in [-0.15, -0.1) is 11.3 Å². The van der Waals surface area contributed by atoms with Gasteiger partial charge >= 0.3 is 0 Å². The third kappa shape index (κ3) is 3.72. The normalized spacial score (nSPS) is 11.1. The van der Waals surface area contributed by atoms with Crippen LogP contribution in [0.25, 0.3) is 0 Å². The Hall–Kier alpha value is -0.550. The Morgan fingerprint density at radius 3 is 2.72 bits per heavy atom. The van der Waals surface area contributed by atoms with E-state index >= 15 is 0 Å². The van der Waals surface area contributed by atoms with E-state index in [1.165, 1.54) is 10.4 Å². The summed E-state index contributed by atoms with van der Waals surface area (Å²) in [6.45, 7) is 1.79. The molecular formula is C13H14BrClN2S. The van der Waals surface area contributed by atoms with Gasteiger partial charge in [-0.05, 0) is 46.7 Å². The Morgan fingerprint density at radius 1 is 1.33 bits per heavy atom. The lowest BCUT2D eigenvalue weighted by atomic mass is 10.2. The van der Waals surface area contributed by atoms with Gasteiger partial charge in [-0.3, -0.25) is 4.90 Å². The van der Waals surface area contributed by atoms with Gasteiger partial charge in [0.2, 0.25) is 0 Å². The molecule has 0 aliphatic carbocycles. The van der Waals surface area contributed by atoms with Gasteiger partial charge in [0.05, 0.1) is 10.7 Å². The number of thiophene rings is 1. The summed E-state index contributed by atoms with van der Waals surface area (Å²) in [5, 5.41) is 2.73. The van der Waals surface area contributed by atoms with E-state index in [1.807, 2.05) is 18.2 Å². The van der Waals surface area contributed by atoms with E-state index in [1.54, 1.807) is 11.3 Å². The second kappa shape index (κ2) is 6.06. The Kier molecular flexibility index (Phi) is 4.67. The number of nitrogen functional groups attached to an aromatic ring is 1. The van der Waals surface area contributed by atoms with Crippen molar-refractivity contribution in [3.05, 3.63) is 49.6 Å². The molecule has 0 aliphatic heterocycles. The van der Waals surface area contributed by atoms with Crippen LogP contribution in [0, 0.1) is 0 Å². The highest BCUT2D eigenvalue weighted by Crippen LogP contribution is 2.23. The number of rotatable bonds is 4. The van der Waals surface area contributed by atoms with Crippen molar-refractivity contribution in [1.82, 2.24) is 4.90 Å². The lowest BCUT2D eigenvalue weighted by molar-refractivity contribution is 0.322. The van der Waals surface area contributed by atoms with Crippen molar-refractivity contribution in [1.29, 1.82) is 0 Å². The van der Waals surface area contributed by atoms with Crippen LogP contribution >= 0.6 is 38.9 Å². The maximum atomic E-state index is 6.01. The van der Waals surface area contributed by atoms with Gasteiger partial charge in [0.15, 0.2) is 0 Å². The zero-order chi connectivity index (χ0) is 13.1. The summed E-state index contributed by atoms with van der Waals surface area (Å²) < 4.78 is 1.14. The van der Waals surface area contributed by atoms with Crippen LogP contribution in [-0.4, -0.2) is 11.9 Å². The number of hydrogen-bond acceptors (Lipinski definition) is 3. The van der Waals surface area contributed by atoms with Crippen LogP contribution in [0.3, 0.4) is 0 Å². The largest absolute Gasteiger partial charge is 0.398 e. The third-order valence-electron chi connectivity index (χ3n) is 2.56. The average Bonchev–Trinajstić information content (AvgIpc) is 2.69. The highest BCUT2D eigenvalue weighted by molar-refractivity contribution is 9.10. The highest BCUT2D eigenvalue weighted by Gasteiger charge is 2.05. The van der Waals surface area contributed by atoms with Gasteiger partial charge in [0.25, 0.3) is 0 Å². The minimum Gasteiger partial charge on any atom is -0.398 e. The van der Waals surface area contributed by atoms with E-state index < -0.39 is 0 Å². The molecule has 0 radical (unpaired) electrons. The van der Waals surface area contributed by atoms with Crippen molar-refractivity contribution >= 4 is 44.6 Å². The minimum atomic E-state index is 0.625. The fourth-order valence-corrected chi connectivity index (χ4v) is 3.47. The zero-order valence-corrected chi connectivity index (χ0v) is 13.1. The smallest absolute Gasteiger partial charge is 0.0638 e. The Bertz CT molecular complexity index is 542. The molecule has 5 heteroatoms. The van der Waals surface area contributed by atoms with Crippen molar-refractivity contribution in [2.75, 3.05) is 12.8 Å². The van der Waals surface area contributed by atoms with Crippen molar-refractivity contribution in [2.24, 2.45) is 0 Å². The molecule has 1 heterocycles. The summed E-state index contributed by atoms with van der Waals surface area (Å²) in [7, 11) is 2.10. The standard InChI is InChI=1S/C13H14BrClN2S/c1-17(7-11-5-10(14)8-18-11)6-9-2-3-13(16)12(15)4-9/h2-5,8H,6-7,16H2,1H3. The topological polar surface area (TPSA) is 29.3 Å². The maximum absolute atomic E-state index is 6.01. The molecule has 0 saturated heterocycles. The van der Waals surface area contributed by atoms with E-state index in [0.717, 1.165) is 17.6 Å². The first-order chi connectivity index (χ1) is 8.54. The maximum Gasteiger partial charge on any atom is 0.0638 e. The van der Waals surface area contributed by atoms with Crippen LogP contribution in [0.2, 0.25) is 5.02 Å². The monoisotopic (exact) mass is 344 g/mol. The van der Waals surface area contributed by atoms with Gasteiger partial charge < -0.3 is 5.73 Å². The van der Waals surface area contributed by atoms with E-state index in [4.69, 9.17) is 17.3 Å². The van der Waals surface area contributed by atoms with Gasteiger partial charge in [-0.1, -0.05) is 17.7 Å². The molecule has 18 heavy (non-hydrogen) atoms. The van der Waals surface area contributed by atoms with Crippen LogP contribution in [0.4, 0.5) is 5.69 Å². The van der Waals surface area contributed by atoms with E-state index in [2.05, 4.69) is 39.3 Å². The summed E-state index contributed by atoms with van der Waals surface area (Å²) in [5.41, 5.74) is 7.50. The van der Waals surface area contributed by atoms with Crippen molar-refractivity contribution in [2.45, 2.75) is 13.1 Å². The Balaban J connectivity index is 1.98. The highest BCUT2D eigenvalue weighted by atomic mass is 79.9. The predicted octanol–water partition coefficient (Wildman–Crippen LogP) is 4.38. The minimum absolute atomic E-state index is 0.625. The van der Waals surface area contributed by atoms with E-state index in [-0.39, 0.29) is 0 Å². The van der Waals surface area contributed by atoms with Crippen molar-refractivity contribution in [3.8, 4) is 0 Å². The number of hydrogen-bond donors (Lipinski definition) is 1. The molecule has 2 aromatic rings. The number of nitrogens with two attached hydrogens (primary N) is 1. The van der Waals surface area contributed by atoms with Crippen molar-refractivity contribution in [3.63, 3.8) is 0 Å². The van der Waals surface area contributed by atoms with Gasteiger partial charge in [0.1, 0.15) is 0 Å². The molecule has 0 unspecified atom stereocenters. The SMILES string of the molecule is CN(Cc1ccc(N)c(Cl)c1)Cc1cc(Br)cs1. The fourth-order valence-electron chi connectivity index (χ4n) is 1.74. The molecule has 0 aliphatic rings. The van der Waals surface area contributed by atoms with Gasteiger partial charge in [0, 0.05) is 27.8 Å². The van der Waals surface area contributed by atoms with Crippen LogP contribution in [-0.2, 0) is 13.1 Å². The summed E-state index contributed by atoms with van der Waals surface area (Å²) in [5.74, 6) is 0. The zero-order valence-electron chi connectivity index (χ0n) is 9.99. The molecule has 96 valence electrons. The predicted molar refractivity (Wildman–Crippen MR) is 83.1 cm³/mol. The number of benzene rings is 1. The van der Waals surface area contributed by atoms with E-state index in [9.17, 15) is 0 Å². The molecule has 0 fully saturated rings. The molecule has 1 aromatic heterocycles. The van der Waals surface area contributed by atoms with Gasteiger partial charge in [-0.2, -0.15) is 0 Å². The number of anilines is 1. The first-order valence-corrected chi connectivity index (χ1v) is 7.55. The molecule has 0 amide bonds. The summed E-state index contributed by atoms with van der Waals surface area (Å²) in [6, 6.07) is 7.95. The second-order valence-corrected chi connectivity index (χ2v) is 6.58. The fraction of sp³-hybridized carbons (Fsp3) is 0.231. The first-order valence-electron chi connectivity index (χ1n) is 5.50.